The van der Waals surface area contributed by atoms with Crippen molar-refractivity contribution in [1.29, 1.82) is 0 Å². The fourth-order valence-corrected chi connectivity index (χ4v) is 3.15. The number of rotatable bonds is 4. The number of methoxy groups -OCH3 is 2. The lowest BCUT2D eigenvalue weighted by Gasteiger charge is -2.07. The number of aromatic amines is 3. The third-order valence-corrected chi connectivity index (χ3v) is 4.45. The van der Waals surface area contributed by atoms with E-state index >= 15 is 0 Å². The minimum absolute atomic E-state index is 0.375. The van der Waals surface area contributed by atoms with Gasteiger partial charge in [0.1, 0.15) is 17.1 Å². The molecule has 2 aromatic heterocycles. The first-order valence-electron chi connectivity index (χ1n) is 8.28. The lowest BCUT2D eigenvalue weighted by Crippen LogP contribution is -2.21. The molecule has 7 nitrogen and oxygen atoms in total. The fraction of sp³-hybridized carbons (Fsp3) is 0.100. The Morgan fingerprint density at radius 3 is 1.81 bits per heavy atom. The van der Waals surface area contributed by atoms with Gasteiger partial charge < -0.3 is 14.5 Å². The highest BCUT2D eigenvalue weighted by Crippen LogP contribution is 2.37. The molecular formula is C20H17N3O4. The predicted octanol–water partition coefficient (Wildman–Crippen LogP) is 2.90. The first-order valence-corrected chi connectivity index (χ1v) is 8.28. The summed E-state index contributed by atoms with van der Waals surface area (Å²) >= 11 is 0. The highest BCUT2D eigenvalue weighted by Gasteiger charge is 2.18. The molecule has 0 radical (unpaired) electrons. The van der Waals surface area contributed by atoms with Crippen molar-refractivity contribution >= 4 is 11.0 Å². The molecule has 0 bridgehead atoms. The van der Waals surface area contributed by atoms with Gasteiger partial charge in [-0.2, -0.15) is 0 Å². The number of fused-ring (bicyclic) bond motifs is 1. The molecule has 0 amide bonds. The van der Waals surface area contributed by atoms with Crippen LogP contribution in [0.25, 0.3) is 33.4 Å². The molecule has 0 saturated carbocycles. The second-order valence-corrected chi connectivity index (χ2v) is 5.99. The standard InChI is InChI=1S/C20H17N3O4/c1-26-13-7-3-11(4-8-13)15-16-18(22-20(25)23-19(16)24)21-17(15)12-5-9-14(27-2)10-6-12/h3-10H,1-2H3,(H3,21,22,23,24,25). The maximum atomic E-state index is 12.5. The summed E-state index contributed by atoms with van der Waals surface area (Å²) in [5.41, 5.74) is 2.48. The lowest BCUT2D eigenvalue weighted by atomic mass is 9.99. The van der Waals surface area contributed by atoms with Crippen LogP contribution in [0.3, 0.4) is 0 Å². The molecule has 0 unspecified atom stereocenters. The normalized spacial score (nSPS) is 10.9. The Morgan fingerprint density at radius 2 is 1.26 bits per heavy atom. The Labute approximate surface area is 153 Å². The molecule has 0 saturated heterocycles. The van der Waals surface area contributed by atoms with Crippen LogP contribution in [0.5, 0.6) is 11.5 Å². The van der Waals surface area contributed by atoms with Gasteiger partial charge in [0, 0.05) is 5.56 Å². The third-order valence-electron chi connectivity index (χ3n) is 4.45. The Kier molecular flexibility index (Phi) is 4.04. The summed E-state index contributed by atoms with van der Waals surface area (Å²) in [6.07, 6.45) is 0. The molecule has 3 N–H and O–H groups in total. The fourth-order valence-electron chi connectivity index (χ4n) is 3.15. The molecule has 0 aliphatic carbocycles. The van der Waals surface area contributed by atoms with Gasteiger partial charge in [-0.15, -0.1) is 0 Å². The average Bonchev–Trinajstić information content (AvgIpc) is 3.07. The SMILES string of the molecule is COc1ccc(-c2[nH]c3[nH]c(=O)[nH]c(=O)c3c2-c2ccc(OC)cc2)cc1. The summed E-state index contributed by atoms with van der Waals surface area (Å²) in [5, 5.41) is 0.394. The zero-order chi connectivity index (χ0) is 19.0. The summed E-state index contributed by atoms with van der Waals surface area (Å²) in [7, 11) is 3.20. The Hall–Kier alpha value is -3.74. The van der Waals surface area contributed by atoms with Gasteiger partial charge in [0.05, 0.1) is 25.3 Å². The first-order chi connectivity index (χ1) is 13.1. The van der Waals surface area contributed by atoms with E-state index in [0.717, 1.165) is 22.6 Å². The van der Waals surface area contributed by atoms with Crippen LogP contribution >= 0.6 is 0 Å². The molecule has 0 aliphatic heterocycles. The molecule has 2 aromatic carbocycles. The predicted molar refractivity (Wildman–Crippen MR) is 104 cm³/mol. The topological polar surface area (TPSA) is 100.0 Å². The van der Waals surface area contributed by atoms with Gasteiger partial charge in [-0.3, -0.25) is 14.8 Å². The van der Waals surface area contributed by atoms with Crippen LogP contribution in [-0.4, -0.2) is 29.2 Å². The number of aromatic nitrogens is 3. The van der Waals surface area contributed by atoms with E-state index in [1.807, 2.05) is 48.5 Å². The second-order valence-electron chi connectivity index (χ2n) is 5.99. The van der Waals surface area contributed by atoms with E-state index in [1.54, 1.807) is 14.2 Å². The van der Waals surface area contributed by atoms with Crippen molar-refractivity contribution in [3.63, 3.8) is 0 Å². The monoisotopic (exact) mass is 363 g/mol. The quantitative estimate of drug-likeness (QED) is 0.519. The molecule has 0 spiro atoms. The van der Waals surface area contributed by atoms with E-state index in [1.165, 1.54) is 0 Å². The van der Waals surface area contributed by atoms with Crippen molar-refractivity contribution in [2.24, 2.45) is 0 Å². The molecule has 0 aliphatic rings. The Morgan fingerprint density at radius 1 is 0.704 bits per heavy atom. The number of nitrogens with one attached hydrogen (secondary N) is 3. The van der Waals surface area contributed by atoms with Crippen molar-refractivity contribution in [2.45, 2.75) is 0 Å². The van der Waals surface area contributed by atoms with E-state index in [-0.39, 0.29) is 0 Å². The highest BCUT2D eigenvalue weighted by atomic mass is 16.5. The molecular weight excluding hydrogens is 346 g/mol. The maximum absolute atomic E-state index is 12.5. The van der Waals surface area contributed by atoms with Crippen LogP contribution in [-0.2, 0) is 0 Å². The number of benzene rings is 2. The van der Waals surface area contributed by atoms with Gasteiger partial charge in [-0.25, -0.2) is 4.79 Å². The van der Waals surface area contributed by atoms with Gasteiger partial charge in [0.2, 0.25) is 0 Å². The van der Waals surface area contributed by atoms with E-state index in [4.69, 9.17) is 9.47 Å². The molecule has 0 fully saturated rings. The van der Waals surface area contributed by atoms with Gasteiger partial charge in [-0.05, 0) is 47.5 Å². The number of H-pyrrole nitrogens is 3. The molecule has 0 atom stereocenters. The molecule has 2 heterocycles. The van der Waals surface area contributed by atoms with Gasteiger partial charge in [0.25, 0.3) is 5.56 Å². The first kappa shape index (κ1) is 16.7. The maximum Gasteiger partial charge on any atom is 0.327 e. The Balaban J connectivity index is 2.03. The highest BCUT2D eigenvalue weighted by molar-refractivity contribution is 6.01. The summed E-state index contributed by atoms with van der Waals surface area (Å²) in [4.78, 5) is 32.4. The van der Waals surface area contributed by atoms with Gasteiger partial charge in [-0.1, -0.05) is 12.1 Å². The van der Waals surface area contributed by atoms with Crippen LogP contribution in [0.15, 0.2) is 58.1 Å². The van der Waals surface area contributed by atoms with Crippen molar-refractivity contribution in [2.75, 3.05) is 14.2 Å². The van der Waals surface area contributed by atoms with Gasteiger partial charge in [0.15, 0.2) is 0 Å². The van der Waals surface area contributed by atoms with E-state index in [9.17, 15) is 9.59 Å². The zero-order valence-electron chi connectivity index (χ0n) is 14.8. The summed E-state index contributed by atoms with van der Waals surface area (Å²) < 4.78 is 10.4. The van der Waals surface area contributed by atoms with Crippen LogP contribution in [0.1, 0.15) is 0 Å². The minimum atomic E-state index is -0.559. The van der Waals surface area contributed by atoms with Crippen molar-refractivity contribution in [3.05, 3.63) is 69.4 Å². The average molecular weight is 363 g/mol. The molecule has 27 heavy (non-hydrogen) atoms. The number of ether oxygens (including phenoxy) is 2. The van der Waals surface area contributed by atoms with Crippen LogP contribution < -0.4 is 20.7 Å². The zero-order valence-corrected chi connectivity index (χ0v) is 14.8. The molecule has 4 rings (SSSR count). The van der Waals surface area contributed by atoms with Crippen molar-refractivity contribution < 1.29 is 9.47 Å². The minimum Gasteiger partial charge on any atom is -0.497 e. The van der Waals surface area contributed by atoms with Crippen molar-refractivity contribution in [3.8, 4) is 33.9 Å². The summed E-state index contributed by atoms with van der Waals surface area (Å²) in [6.45, 7) is 0. The van der Waals surface area contributed by atoms with Crippen LogP contribution in [0.2, 0.25) is 0 Å². The van der Waals surface area contributed by atoms with Gasteiger partial charge >= 0.3 is 5.69 Å². The summed E-state index contributed by atoms with van der Waals surface area (Å²) in [5.74, 6) is 1.44. The van der Waals surface area contributed by atoms with E-state index in [0.29, 0.717) is 22.3 Å². The van der Waals surface area contributed by atoms with Crippen molar-refractivity contribution in [1.82, 2.24) is 15.0 Å². The smallest absolute Gasteiger partial charge is 0.327 e. The Bertz CT molecular complexity index is 1220. The summed E-state index contributed by atoms with van der Waals surface area (Å²) in [6, 6.07) is 14.9. The molecule has 7 heteroatoms. The van der Waals surface area contributed by atoms with E-state index in [2.05, 4.69) is 15.0 Å². The lowest BCUT2D eigenvalue weighted by molar-refractivity contribution is 0.414. The largest absolute Gasteiger partial charge is 0.497 e. The second kappa shape index (κ2) is 6.53. The van der Waals surface area contributed by atoms with Crippen LogP contribution in [0, 0.1) is 0 Å². The van der Waals surface area contributed by atoms with Crippen LogP contribution in [0.4, 0.5) is 0 Å². The number of hydrogen-bond acceptors (Lipinski definition) is 4. The molecule has 4 aromatic rings. The molecule has 136 valence electrons. The van der Waals surface area contributed by atoms with E-state index < -0.39 is 11.2 Å². The number of hydrogen-bond donors (Lipinski definition) is 3. The third kappa shape index (κ3) is 2.89.